The smallest absolute Gasteiger partial charge is 0.252 e. The third kappa shape index (κ3) is 5.46. The summed E-state index contributed by atoms with van der Waals surface area (Å²) in [5.41, 5.74) is 2.06. The first kappa shape index (κ1) is 18.2. The molecule has 1 heterocycles. The second-order valence-corrected chi connectivity index (χ2v) is 7.58. The molecule has 120 valence electrons. The van der Waals surface area contributed by atoms with Gasteiger partial charge in [-0.1, -0.05) is 76.1 Å². The van der Waals surface area contributed by atoms with Gasteiger partial charge in [0, 0.05) is 5.56 Å². The first-order chi connectivity index (χ1) is 10.8. The topological polar surface area (TPSA) is 54.0 Å². The number of hydrogen-bond donors (Lipinski definition) is 2. The fourth-order valence-corrected chi connectivity index (χ4v) is 2.19. The van der Waals surface area contributed by atoms with Gasteiger partial charge in [0.15, 0.2) is 0 Å². The van der Waals surface area contributed by atoms with E-state index in [9.17, 15) is 4.79 Å². The Morgan fingerprint density at radius 2 is 1.78 bits per heavy atom. The lowest BCUT2D eigenvalue weighted by atomic mass is 9.95. The Bertz CT molecular complexity index is 674. The van der Waals surface area contributed by atoms with Crippen LogP contribution in [0.25, 0.3) is 0 Å². The average molecular weight is 391 g/mol. The summed E-state index contributed by atoms with van der Waals surface area (Å²) in [5.74, 6) is -0.365. The number of pyridine rings is 1. The summed E-state index contributed by atoms with van der Waals surface area (Å²) < 4.78 is -1.76. The predicted octanol–water partition coefficient (Wildman–Crippen LogP) is 2.53. The Morgan fingerprint density at radius 1 is 1.13 bits per heavy atom. The molecular formula is C14H12BCl4N3O. The van der Waals surface area contributed by atoms with Crippen LogP contribution in [-0.4, -0.2) is 28.7 Å². The van der Waals surface area contributed by atoms with Crippen molar-refractivity contribution in [3.05, 3.63) is 53.3 Å². The molecule has 2 N–H and O–H groups in total. The first-order valence-electron chi connectivity index (χ1n) is 6.58. The third-order valence-corrected chi connectivity index (χ3v) is 3.83. The first-order valence-corrected chi connectivity index (χ1v) is 8.09. The molecule has 2 rings (SSSR count). The predicted molar refractivity (Wildman–Crippen MR) is 99.0 cm³/mol. The van der Waals surface area contributed by atoms with Crippen molar-refractivity contribution in [3.8, 4) is 0 Å². The summed E-state index contributed by atoms with van der Waals surface area (Å²) >= 11 is 23.6. The number of amides is 1. The fraction of sp³-hybridized carbons (Fsp3) is 0.143. The molecule has 0 saturated carbocycles. The van der Waals surface area contributed by atoms with Crippen molar-refractivity contribution < 1.29 is 4.79 Å². The van der Waals surface area contributed by atoms with Gasteiger partial charge in [0.25, 0.3) is 5.91 Å². The van der Waals surface area contributed by atoms with Crippen LogP contribution in [0.15, 0.2) is 42.6 Å². The van der Waals surface area contributed by atoms with Crippen molar-refractivity contribution in [2.75, 3.05) is 5.32 Å². The maximum atomic E-state index is 12.3. The number of carbonyl (C=O) groups excluding carboxylic acids is 1. The van der Waals surface area contributed by atoms with E-state index in [-0.39, 0.29) is 5.91 Å². The summed E-state index contributed by atoms with van der Waals surface area (Å²) in [5, 5.41) is 5.90. The van der Waals surface area contributed by atoms with E-state index in [0.29, 0.717) is 16.4 Å². The van der Waals surface area contributed by atoms with Crippen LogP contribution < -0.4 is 16.1 Å². The minimum Gasteiger partial charge on any atom is -0.361 e. The number of nitrogens with zero attached hydrogens (tertiary/aromatic N) is 1. The summed E-state index contributed by atoms with van der Waals surface area (Å²) in [6.07, 6.45) is 0.522. The van der Waals surface area contributed by atoms with Gasteiger partial charge in [0.05, 0.1) is 11.9 Å². The number of rotatable bonds is 4. The van der Waals surface area contributed by atoms with E-state index in [2.05, 4.69) is 15.6 Å². The average Bonchev–Trinajstić information content (AvgIpc) is 2.48. The maximum absolute atomic E-state index is 12.3. The van der Waals surface area contributed by atoms with Crippen LogP contribution in [0.1, 0.15) is 10.4 Å². The normalized spacial score (nSPS) is 12.5. The SMILES string of the molecule is Bc1ccc(C(=O)NC(Nc2ccc(Cl)nc2)C(Cl)(Cl)Cl)cc1. The van der Waals surface area contributed by atoms with Gasteiger partial charge < -0.3 is 10.6 Å². The maximum Gasteiger partial charge on any atom is 0.252 e. The summed E-state index contributed by atoms with van der Waals surface area (Å²) in [6.45, 7) is 0. The molecule has 0 fully saturated rings. The van der Waals surface area contributed by atoms with E-state index in [4.69, 9.17) is 46.4 Å². The van der Waals surface area contributed by atoms with Crippen LogP contribution in [0, 0.1) is 0 Å². The molecule has 1 aromatic heterocycles. The molecule has 23 heavy (non-hydrogen) atoms. The van der Waals surface area contributed by atoms with Crippen LogP contribution in [0.5, 0.6) is 0 Å². The Hall–Kier alpha value is -1.14. The molecule has 1 atom stereocenters. The fourth-order valence-electron chi connectivity index (χ4n) is 1.75. The lowest BCUT2D eigenvalue weighted by molar-refractivity contribution is 0.0942. The van der Waals surface area contributed by atoms with Gasteiger partial charge in [-0.2, -0.15) is 0 Å². The molecule has 1 unspecified atom stereocenters. The number of aromatic nitrogens is 1. The standard InChI is InChI=1S/C14H12BCl4N3O/c15-9-3-1-8(2-4-9)12(23)22-13(14(17,18)19)21-10-5-6-11(16)20-7-10/h1-7,13,21H,15H2,(H,22,23). The number of hydrogen-bond acceptors (Lipinski definition) is 3. The van der Waals surface area contributed by atoms with Gasteiger partial charge >= 0.3 is 0 Å². The molecule has 4 nitrogen and oxygen atoms in total. The Kier molecular flexibility index (Phi) is 6.03. The molecule has 0 aliphatic rings. The highest BCUT2D eigenvalue weighted by Gasteiger charge is 2.34. The van der Waals surface area contributed by atoms with Crippen molar-refractivity contribution in [1.29, 1.82) is 0 Å². The van der Waals surface area contributed by atoms with Crippen molar-refractivity contribution in [2.45, 2.75) is 9.96 Å². The molecule has 0 spiro atoms. The number of alkyl halides is 3. The zero-order chi connectivity index (χ0) is 17.0. The lowest BCUT2D eigenvalue weighted by Gasteiger charge is -2.27. The molecule has 0 radical (unpaired) electrons. The molecule has 0 bridgehead atoms. The van der Waals surface area contributed by atoms with Gasteiger partial charge in [-0.15, -0.1) is 0 Å². The van der Waals surface area contributed by atoms with Gasteiger partial charge in [0.1, 0.15) is 19.2 Å². The Morgan fingerprint density at radius 3 is 2.30 bits per heavy atom. The molecule has 1 amide bonds. The van der Waals surface area contributed by atoms with E-state index < -0.39 is 9.96 Å². The summed E-state index contributed by atoms with van der Waals surface area (Å²) in [4.78, 5) is 16.2. The zero-order valence-corrected chi connectivity index (χ0v) is 15.0. The van der Waals surface area contributed by atoms with E-state index >= 15 is 0 Å². The number of halogens is 4. The monoisotopic (exact) mass is 389 g/mol. The zero-order valence-electron chi connectivity index (χ0n) is 12.0. The van der Waals surface area contributed by atoms with Gasteiger partial charge in [0.2, 0.25) is 3.79 Å². The number of nitrogens with one attached hydrogen (secondary N) is 2. The largest absolute Gasteiger partial charge is 0.361 e. The lowest BCUT2D eigenvalue weighted by Crippen LogP contribution is -2.49. The van der Waals surface area contributed by atoms with Crippen molar-refractivity contribution in [3.63, 3.8) is 0 Å². The van der Waals surface area contributed by atoms with Gasteiger partial charge in [-0.25, -0.2) is 4.98 Å². The number of anilines is 1. The summed E-state index contributed by atoms with van der Waals surface area (Å²) in [6, 6.07) is 10.3. The van der Waals surface area contributed by atoms with Gasteiger partial charge in [-0.3, -0.25) is 4.79 Å². The highest BCUT2D eigenvalue weighted by atomic mass is 35.6. The van der Waals surface area contributed by atoms with Crippen LogP contribution >= 0.6 is 46.4 Å². The van der Waals surface area contributed by atoms with Crippen molar-refractivity contribution >= 4 is 71.3 Å². The highest BCUT2D eigenvalue weighted by Crippen LogP contribution is 2.31. The van der Waals surface area contributed by atoms with Crippen LogP contribution in [0.3, 0.4) is 0 Å². The highest BCUT2D eigenvalue weighted by molar-refractivity contribution is 6.68. The van der Waals surface area contributed by atoms with Crippen LogP contribution in [0.4, 0.5) is 5.69 Å². The van der Waals surface area contributed by atoms with Crippen LogP contribution in [0.2, 0.25) is 5.15 Å². The van der Waals surface area contributed by atoms with E-state index in [1.165, 1.54) is 6.20 Å². The molecule has 0 aliphatic carbocycles. The van der Waals surface area contributed by atoms with E-state index in [1.807, 2.05) is 20.0 Å². The number of benzene rings is 1. The molecule has 1 aromatic carbocycles. The summed E-state index contributed by atoms with van der Waals surface area (Å²) in [7, 11) is 1.93. The molecular weight excluding hydrogens is 379 g/mol. The number of carbonyl (C=O) groups is 1. The van der Waals surface area contributed by atoms with Crippen LogP contribution in [-0.2, 0) is 0 Å². The molecule has 2 aromatic rings. The van der Waals surface area contributed by atoms with Crippen molar-refractivity contribution in [1.82, 2.24) is 10.3 Å². The Labute approximate surface area is 154 Å². The molecule has 9 heteroatoms. The molecule has 0 aliphatic heterocycles. The van der Waals surface area contributed by atoms with E-state index in [1.54, 1.807) is 24.3 Å². The quantitative estimate of drug-likeness (QED) is 0.365. The second-order valence-electron chi connectivity index (χ2n) is 4.83. The molecule has 0 saturated heterocycles. The van der Waals surface area contributed by atoms with Crippen molar-refractivity contribution in [2.24, 2.45) is 0 Å². The van der Waals surface area contributed by atoms with Gasteiger partial charge in [-0.05, 0) is 12.1 Å². The minimum absolute atomic E-state index is 0.338. The third-order valence-electron chi connectivity index (χ3n) is 2.95. The Balaban J connectivity index is 2.14. The van der Waals surface area contributed by atoms with E-state index in [0.717, 1.165) is 5.46 Å². The minimum atomic E-state index is -1.76. The second kappa shape index (κ2) is 7.62.